The molecule has 2 aromatic carbocycles. The number of rotatable bonds is 6. The van der Waals surface area contributed by atoms with E-state index in [-0.39, 0.29) is 38.9 Å². The number of ether oxygens (including phenoxy) is 4. The summed E-state index contributed by atoms with van der Waals surface area (Å²) in [5, 5.41) is 7.32. The van der Waals surface area contributed by atoms with Crippen molar-refractivity contribution in [2.24, 2.45) is 20.0 Å². The summed E-state index contributed by atoms with van der Waals surface area (Å²) in [4.78, 5) is 28.3. The van der Waals surface area contributed by atoms with Crippen LogP contribution in [0.4, 0.5) is 0 Å². The van der Waals surface area contributed by atoms with Crippen LogP contribution in [0.5, 0.6) is 0 Å². The molecule has 0 bridgehead atoms. The molecule has 0 aliphatic carbocycles. The quantitative estimate of drug-likeness (QED) is 0.232. The van der Waals surface area contributed by atoms with Crippen molar-refractivity contribution >= 4 is 23.6 Å². The zero-order chi connectivity index (χ0) is 50.2. The number of aliphatic imine (C=N–C) groups is 4. The molecule has 1 radical (unpaired) electrons. The Hall–Kier alpha value is -5.12. The molecule has 4 aliphatic heterocycles. The first-order chi connectivity index (χ1) is 30.8. The maximum absolute atomic E-state index is 8.49. The summed E-state index contributed by atoms with van der Waals surface area (Å²) in [7, 11) is -9.89. The second-order valence-electron chi connectivity index (χ2n) is 18.0. The molecule has 0 unspecified atom stereocenters. The van der Waals surface area contributed by atoms with E-state index in [4.69, 9.17) is 71.4 Å². The number of nitrogens with zero attached hydrogens (tertiary/aromatic N) is 7. The minimum absolute atomic E-state index is 0. The number of pyridine rings is 2. The van der Waals surface area contributed by atoms with Gasteiger partial charge in [0.25, 0.3) is 0 Å². The van der Waals surface area contributed by atoms with Crippen LogP contribution in [0, 0.1) is 45.7 Å². The molecule has 0 fully saturated rings. The van der Waals surface area contributed by atoms with E-state index in [1.807, 2.05) is 24.3 Å². The molecule has 4 aliphatic rings. The maximum Gasteiger partial charge on any atom is 2.00 e. The third-order valence-electron chi connectivity index (χ3n) is 9.16. The minimum atomic E-state index is -4.94. The van der Waals surface area contributed by atoms with Gasteiger partial charge in [-0.25, -0.2) is 67.2 Å². The van der Waals surface area contributed by atoms with Gasteiger partial charge in [0.05, 0.1) is 28.2 Å². The number of halogens is 2. The Morgan fingerprint density at radius 3 is 0.794 bits per heavy atom. The van der Waals surface area contributed by atoms with Gasteiger partial charge in [-0.05, 0) is 116 Å². The SMILES string of the molecule is CC#N.Cc1ccc(-c2cc(C3=NC(C)(C)CO3)nc(C3=NC(C)(C)CO3)c2)cc1.Cc1ccc(-c2cc(C3=NC(C)(C)CO3)nc(C3=NC(C)(C)CO3)c2)cc1.[Co+2].[O-][Cl+3]([O-])([O-])[O-].[O-][Cl+3]([O-])([O-])[O-]. The Bertz CT molecular complexity index is 2250. The number of aromatic nitrogens is 2. The fourth-order valence-corrected chi connectivity index (χ4v) is 6.19. The summed E-state index contributed by atoms with van der Waals surface area (Å²) >= 11 is 0. The van der Waals surface area contributed by atoms with E-state index < -0.39 is 20.5 Å². The summed E-state index contributed by atoms with van der Waals surface area (Å²) in [6.07, 6.45) is 0. The molecule has 0 atom stereocenters. The maximum atomic E-state index is 8.49. The van der Waals surface area contributed by atoms with Crippen molar-refractivity contribution in [3.05, 3.63) is 107 Å². The van der Waals surface area contributed by atoms with Crippen molar-refractivity contribution in [1.29, 1.82) is 5.26 Å². The summed E-state index contributed by atoms with van der Waals surface area (Å²) in [5.41, 5.74) is 8.67. The van der Waals surface area contributed by atoms with Crippen molar-refractivity contribution in [3.63, 3.8) is 0 Å². The number of hydrogen-bond donors (Lipinski definition) is 0. The largest absolute Gasteiger partial charge is 2.00 e. The zero-order valence-corrected chi connectivity index (χ0v) is 41.9. The molecule has 0 spiro atoms. The Balaban J connectivity index is 0.000000284. The van der Waals surface area contributed by atoms with Crippen molar-refractivity contribution in [3.8, 4) is 28.3 Å². The molecule has 4 aromatic rings. The van der Waals surface area contributed by atoms with Crippen LogP contribution < -0.4 is 37.3 Å². The molecule has 0 amide bonds. The molecule has 2 aromatic heterocycles. The van der Waals surface area contributed by atoms with Crippen LogP contribution in [0.15, 0.2) is 92.8 Å². The predicted molar refractivity (Wildman–Crippen MR) is 226 cm³/mol. The normalized spacial score (nSPS) is 17.7. The monoisotopic (exact) mass is 1020 g/mol. The first-order valence-electron chi connectivity index (χ1n) is 20.5. The number of aryl methyl sites for hydroxylation is 2. The van der Waals surface area contributed by atoms with E-state index in [1.54, 1.807) is 6.07 Å². The van der Waals surface area contributed by atoms with Gasteiger partial charge in [0.1, 0.15) is 49.2 Å². The van der Waals surface area contributed by atoms with E-state index >= 15 is 0 Å². The number of nitriles is 1. The molecule has 8 rings (SSSR count). The molecule has 22 heteroatoms. The fourth-order valence-electron chi connectivity index (χ4n) is 6.19. The summed E-state index contributed by atoms with van der Waals surface area (Å²) in [5.74, 6) is 2.31. The van der Waals surface area contributed by atoms with Crippen molar-refractivity contribution in [2.45, 2.75) is 98.3 Å². The third kappa shape index (κ3) is 19.1. The Kier molecular flexibility index (Phi) is 19.3. The second kappa shape index (κ2) is 23.0. The number of hydrogen-bond acceptors (Lipinski definition) is 19. The third-order valence-corrected chi connectivity index (χ3v) is 9.16. The van der Waals surface area contributed by atoms with Gasteiger partial charge in [-0.3, -0.25) is 0 Å². The van der Waals surface area contributed by atoms with Crippen LogP contribution in [0.3, 0.4) is 0 Å². The first-order valence-corrected chi connectivity index (χ1v) is 22.9. The zero-order valence-electron chi connectivity index (χ0n) is 39.4. The van der Waals surface area contributed by atoms with Gasteiger partial charge in [-0.2, -0.15) is 5.26 Å². The van der Waals surface area contributed by atoms with Gasteiger partial charge in [-0.15, -0.1) is 20.5 Å². The average molecular weight is 1030 g/mol. The Labute approximate surface area is 410 Å². The molecule has 68 heavy (non-hydrogen) atoms. The molecule has 6 heterocycles. The predicted octanol–water partition coefficient (Wildman–Crippen LogP) is -0.649. The standard InChI is InChI=1S/2C22H25N3O2.C2H3N.2ClHO4.Co/c2*1-14-6-8-15(9-7-14)16-10-17(19-24-21(2,3)12-26-19)23-18(11-16)20-25-22(4,5)13-27-20;1-2-3;2*2-1(3,4)5;/h2*6-11H,12-13H2,1-5H3;1H3;2*(H,2,3,4,5);/q;;;;;+2/p-2. The second-order valence-corrected chi connectivity index (χ2v) is 19.5. The van der Waals surface area contributed by atoms with E-state index in [9.17, 15) is 0 Å². The summed E-state index contributed by atoms with van der Waals surface area (Å²) < 4.78 is 91.3. The van der Waals surface area contributed by atoms with Crippen molar-refractivity contribution < 1.29 is 93.5 Å². The molecule has 367 valence electrons. The van der Waals surface area contributed by atoms with Gasteiger partial charge < -0.3 is 18.9 Å². The van der Waals surface area contributed by atoms with Gasteiger partial charge in [-0.1, -0.05) is 59.7 Å². The van der Waals surface area contributed by atoms with E-state index in [0.717, 1.165) is 22.3 Å². The molecule has 0 saturated heterocycles. The van der Waals surface area contributed by atoms with Crippen LogP contribution in [-0.4, -0.2) is 82.1 Å². The van der Waals surface area contributed by atoms with Crippen LogP contribution in [-0.2, 0) is 35.7 Å². The van der Waals surface area contributed by atoms with E-state index in [0.29, 0.717) is 72.8 Å². The van der Waals surface area contributed by atoms with Crippen molar-refractivity contribution in [1.82, 2.24) is 9.97 Å². The van der Waals surface area contributed by atoms with E-state index in [2.05, 4.69) is 138 Å². The smallest absolute Gasteiger partial charge is 0.474 e. The van der Waals surface area contributed by atoms with E-state index in [1.165, 1.54) is 18.1 Å². The average Bonchev–Trinajstić information content (AvgIpc) is 3.98. The Morgan fingerprint density at radius 2 is 0.632 bits per heavy atom. The van der Waals surface area contributed by atoms with Gasteiger partial charge in [0, 0.05) is 6.92 Å². The topological polar surface area (TPSA) is 320 Å². The summed E-state index contributed by atoms with van der Waals surface area (Å²) in [6.45, 7) is 24.2. The summed E-state index contributed by atoms with van der Waals surface area (Å²) in [6, 6.07) is 26.7. The first kappa shape index (κ1) is 57.2. The Morgan fingerprint density at radius 1 is 0.441 bits per heavy atom. The molecular weight excluding hydrogens is 972 g/mol. The fraction of sp³-hybridized carbons (Fsp3) is 0.413. The van der Waals surface area contributed by atoms with Gasteiger partial charge in [0.2, 0.25) is 23.6 Å². The minimum Gasteiger partial charge on any atom is -0.474 e. The molecule has 19 nitrogen and oxygen atoms in total. The van der Waals surface area contributed by atoms with Crippen LogP contribution >= 0.6 is 0 Å². The van der Waals surface area contributed by atoms with Crippen LogP contribution in [0.1, 0.15) is 96.2 Å². The number of benzene rings is 2. The molecule has 0 saturated carbocycles. The van der Waals surface area contributed by atoms with Gasteiger partial charge >= 0.3 is 16.8 Å². The van der Waals surface area contributed by atoms with Crippen molar-refractivity contribution in [2.75, 3.05) is 26.4 Å². The van der Waals surface area contributed by atoms with Gasteiger partial charge in [0.15, 0.2) is 0 Å². The van der Waals surface area contributed by atoms with Crippen LogP contribution in [0.25, 0.3) is 22.3 Å². The molecular formula is C46H53Cl2CoN7O12. The van der Waals surface area contributed by atoms with Crippen LogP contribution in [0.2, 0.25) is 0 Å². The molecule has 0 N–H and O–H groups in total.